The van der Waals surface area contributed by atoms with E-state index in [1.54, 1.807) is 24.5 Å². The van der Waals surface area contributed by atoms with Crippen LogP contribution in [-0.4, -0.2) is 15.0 Å². The Morgan fingerprint density at radius 1 is 1.17 bits per heavy atom. The van der Waals surface area contributed by atoms with Gasteiger partial charge in [-0.05, 0) is 45.0 Å². The Hall–Kier alpha value is -2.47. The molecule has 118 valence electrons. The van der Waals surface area contributed by atoms with Crippen LogP contribution in [0, 0.1) is 20.8 Å². The van der Waals surface area contributed by atoms with Crippen LogP contribution in [0.3, 0.4) is 0 Å². The van der Waals surface area contributed by atoms with Gasteiger partial charge < -0.3 is 10.3 Å². The summed E-state index contributed by atoms with van der Waals surface area (Å²) in [6, 6.07) is 8.03. The topological polar surface area (TPSA) is 70.7 Å². The van der Waals surface area contributed by atoms with E-state index in [2.05, 4.69) is 39.3 Å². The van der Waals surface area contributed by atoms with Crippen LogP contribution in [0.1, 0.15) is 21.0 Å². The summed E-state index contributed by atoms with van der Waals surface area (Å²) in [4.78, 5) is 26.0. The lowest BCUT2D eigenvalue weighted by Crippen LogP contribution is -2.14. The minimum Gasteiger partial charge on any atom is -0.365 e. The van der Waals surface area contributed by atoms with E-state index in [0.717, 1.165) is 23.6 Å². The summed E-state index contributed by atoms with van der Waals surface area (Å²) in [7, 11) is 0. The fraction of sp³-hybridized carbons (Fsp3) is 0.235. The highest BCUT2D eigenvalue weighted by Crippen LogP contribution is 2.18. The monoisotopic (exact) mass is 326 g/mol. The SMILES string of the molecule is Cc1ccc(CNc2ccc(-c3nc(C)c(C)c(=O)[nH]3)cn2)s1. The van der Waals surface area contributed by atoms with E-state index in [0.29, 0.717) is 11.4 Å². The van der Waals surface area contributed by atoms with E-state index in [1.807, 2.05) is 19.1 Å². The molecular formula is C17H18N4OS. The normalized spacial score (nSPS) is 10.7. The van der Waals surface area contributed by atoms with Crippen molar-refractivity contribution in [2.24, 2.45) is 0 Å². The molecule has 0 aromatic carbocycles. The molecule has 0 fully saturated rings. The van der Waals surface area contributed by atoms with Crippen LogP contribution in [0.25, 0.3) is 11.4 Å². The largest absolute Gasteiger partial charge is 0.365 e. The summed E-state index contributed by atoms with van der Waals surface area (Å²) < 4.78 is 0. The van der Waals surface area contributed by atoms with Crippen molar-refractivity contribution in [2.45, 2.75) is 27.3 Å². The highest BCUT2D eigenvalue weighted by Gasteiger charge is 2.06. The molecule has 2 N–H and O–H groups in total. The summed E-state index contributed by atoms with van der Waals surface area (Å²) in [5, 5.41) is 3.29. The van der Waals surface area contributed by atoms with Crippen molar-refractivity contribution < 1.29 is 0 Å². The first-order valence-electron chi connectivity index (χ1n) is 7.36. The number of thiophene rings is 1. The fourth-order valence-corrected chi connectivity index (χ4v) is 3.01. The van der Waals surface area contributed by atoms with Gasteiger partial charge in [0.15, 0.2) is 0 Å². The van der Waals surface area contributed by atoms with E-state index in [4.69, 9.17) is 0 Å². The van der Waals surface area contributed by atoms with Gasteiger partial charge in [-0.2, -0.15) is 0 Å². The van der Waals surface area contributed by atoms with Gasteiger partial charge in [-0.25, -0.2) is 9.97 Å². The standard InChI is InChI=1S/C17H18N4OS/c1-10-4-6-14(23-10)9-19-15-7-5-13(8-18-15)16-20-12(3)11(2)17(22)21-16/h4-8H,9H2,1-3H3,(H,18,19)(H,20,21,22). The first kappa shape index (κ1) is 15.4. The molecule has 3 aromatic rings. The number of pyridine rings is 1. The fourth-order valence-electron chi connectivity index (χ4n) is 2.18. The van der Waals surface area contributed by atoms with Gasteiger partial charge in [0.1, 0.15) is 11.6 Å². The van der Waals surface area contributed by atoms with Gasteiger partial charge in [-0.1, -0.05) is 0 Å². The zero-order chi connectivity index (χ0) is 16.4. The Bertz CT molecular complexity index is 880. The van der Waals surface area contributed by atoms with Gasteiger partial charge >= 0.3 is 0 Å². The number of anilines is 1. The Morgan fingerprint density at radius 2 is 2.00 bits per heavy atom. The molecule has 0 saturated carbocycles. The average Bonchev–Trinajstić information content (AvgIpc) is 2.96. The number of H-pyrrole nitrogens is 1. The maximum Gasteiger partial charge on any atom is 0.254 e. The van der Waals surface area contributed by atoms with E-state index < -0.39 is 0 Å². The summed E-state index contributed by atoms with van der Waals surface area (Å²) >= 11 is 1.77. The third kappa shape index (κ3) is 3.48. The van der Waals surface area contributed by atoms with Crippen molar-refractivity contribution in [3.8, 4) is 11.4 Å². The number of aryl methyl sites for hydroxylation is 2. The highest BCUT2D eigenvalue weighted by atomic mass is 32.1. The van der Waals surface area contributed by atoms with Gasteiger partial charge in [0.05, 0.1) is 6.54 Å². The average molecular weight is 326 g/mol. The summed E-state index contributed by atoms with van der Waals surface area (Å²) in [6.07, 6.45) is 1.72. The lowest BCUT2D eigenvalue weighted by molar-refractivity contribution is 1.03. The summed E-state index contributed by atoms with van der Waals surface area (Å²) in [5.41, 5.74) is 2.07. The van der Waals surface area contributed by atoms with Crippen molar-refractivity contribution in [3.63, 3.8) is 0 Å². The molecule has 0 amide bonds. The number of aromatic amines is 1. The maximum atomic E-state index is 11.8. The molecule has 0 saturated heterocycles. The Labute approximate surface area is 138 Å². The lowest BCUT2D eigenvalue weighted by Gasteiger charge is -2.06. The number of hydrogen-bond donors (Lipinski definition) is 2. The predicted molar refractivity (Wildman–Crippen MR) is 93.9 cm³/mol. The van der Waals surface area contributed by atoms with E-state index in [9.17, 15) is 4.79 Å². The minimum absolute atomic E-state index is 0.109. The second-order valence-electron chi connectivity index (χ2n) is 5.42. The van der Waals surface area contributed by atoms with Crippen molar-refractivity contribution in [1.29, 1.82) is 0 Å². The third-order valence-electron chi connectivity index (χ3n) is 3.67. The molecule has 6 heteroatoms. The molecule has 0 aliphatic rings. The smallest absolute Gasteiger partial charge is 0.254 e. The summed E-state index contributed by atoms with van der Waals surface area (Å²) in [6.45, 7) is 6.45. The predicted octanol–water partition coefficient (Wildman–Crippen LogP) is 3.43. The van der Waals surface area contributed by atoms with Crippen molar-refractivity contribution >= 4 is 17.2 Å². The first-order valence-corrected chi connectivity index (χ1v) is 8.18. The van der Waals surface area contributed by atoms with Gasteiger partial charge in [0.2, 0.25) is 0 Å². The zero-order valence-corrected chi connectivity index (χ0v) is 14.1. The quantitative estimate of drug-likeness (QED) is 0.770. The van der Waals surface area contributed by atoms with Gasteiger partial charge in [-0.15, -0.1) is 11.3 Å². The lowest BCUT2D eigenvalue weighted by atomic mass is 10.2. The second-order valence-corrected chi connectivity index (χ2v) is 6.80. The van der Waals surface area contributed by atoms with Crippen LogP contribution >= 0.6 is 11.3 Å². The molecule has 0 aliphatic heterocycles. The number of rotatable bonds is 4. The molecule has 5 nitrogen and oxygen atoms in total. The van der Waals surface area contributed by atoms with E-state index in [-0.39, 0.29) is 5.56 Å². The molecule has 3 aromatic heterocycles. The van der Waals surface area contributed by atoms with Crippen LogP contribution in [0.5, 0.6) is 0 Å². The molecule has 0 spiro atoms. The number of nitrogens with zero attached hydrogens (tertiary/aromatic N) is 2. The molecule has 3 rings (SSSR count). The van der Waals surface area contributed by atoms with Gasteiger partial charge in [0, 0.05) is 32.8 Å². The Kier molecular flexibility index (Phi) is 4.25. The first-order chi connectivity index (χ1) is 11.0. The molecule has 0 atom stereocenters. The van der Waals surface area contributed by atoms with Gasteiger partial charge in [0.25, 0.3) is 5.56 Å². The molecule has 0 unspecified atom stereocenters. The minimum atomic E-state index is -0.109. The van der Waals surface area contributed by atoms with Crippen molar-refractivity contribution in [1.82, 2.24) is 15.0 Å². The van der Waals surface area contributed by atoms with Crippen LogP contribution < -0.4 is 10.9 Å². The molecule has 0 radical (unpaired) electrons. The molecule has 0 aliphatic carbocycles. The molecule has 23 heavy (non-hydrogen) atoms. The third-order valence-corrected chi connectivity index (χ3v) is 4.67. The van der Waals surface area contributed by atoms with Crippen LogP contribution in [-0.2, 0) is 6.54 Å². The Morgan fingerprint density at radius 3 is 2.61 bits per heavy atom. The summed E-state index contributed by atoms with van der Waals surface area (Å²) in [5.74, 6) is 1.34. The van der Waals surface area contributed by atoms with Crippen LogP contribution in [0.15, 0.2) is 35.3 Å². The maximum absolute atomic E-state index is 11.8. The number of hydrogen-bond acceptors (Lipinski definition) is 5. The second kappa shape index (κ2) is 6.34. The van der Waals surface area contributed by atoms with E-state index >= 15 is 0 Å². The number of aromatic nitrogens is 3. The zero-order valence-electron chi connectivity index (χ0n) is 13.3. The molecular weight excluding hydrogens is 308 g/mol. The van der Waals surface area contributed by atoms with Crippen molar-refractivity contribution in [3.05, 3.63) is 61.8 Å². The molecule has 3 heterocycles. The highest BCUT2D eigenvalue weighted by molar-refractivity contribution is 7.11. The van der Waals surface area contributed by atoms with Crippen molar-refractivity contribution in [2.75, 3.05) is 5.32 Å². The molecule has 0 bridgehead atoms. The van der Waals surface area contributed by atoms with Crippen LogP contribution in [0.2, 0.25) is 0 Å². The number of nitrogens with one attached hydrogen (secondary N) is 2. The Balaban J connectivity index is 1.75. The van der Waals surface area contributed by atoms with E-state index in [1.165, 1.54) is 9.75 Å². The van der Waals surface area contributed by atoms with Crippen LogP contribution in [0.4, 0.5) is 5.82 Å². The van der Waals surface area contributed by atoms with Gasteiger partial charge in [-0.3, -0.25) is 4.79 Å².